The number of aromatic nitrogens is 2. The van der Waals surface area contributed by atoms with Crippen LogP contribution >= 0.6 is 0 Å². The van der Waals surface area contributed by atoms with Gasteiger partial charge in [0, 0.05) is 56.7 Å². The average Bonchev–Trinajstić information content (AvgIpc) is 2.74. The largest absolute Gasteiger partial charge is 0.353 e. The molecule has 0 atom stereocenters. The van der Waals surface area contributed by atoms with Crippen molar-refractivity contribution in [1.29, 1.82) is 0 Å². The summed E-state index contributed by atoms with van der Waals surface area (Å²) in [6.07, 6.45) is 3.65. The van der Waals surface area contributed by atoms with E-state index < -0.39 is 0 Å². The number of hydrogen-bond acceptors (Lipinski definition) is 5. The number of piperazine rings is 1. The van der Waals surface area contributed by atoms with Crippen molar-refractivity contribution >= 4 is 23.5 Å². The number of nitrogens with zero attached hydrogens (tertiary/aromatic N) is 5. The van der Waals surface area contributed by atoms with Crippen molar-refractivity contribution in [2.45, 2.75) is 26.2 Å². The third kappa shape index (κ3) is 4.75. The van der Waals surface area contributed by atoms with Crippen molar-refractivity contribution < 1.29 is 9.18 Å². The second-order valence-corrected chi connectivity index (χ2v) is 7.63. The second kappa shape index (κ2) is 8.63. The highest BCUT2D eigenvalue weighted by Crippen LogP contribution is 2.22. The first kappa shape index (κ1) is 19.4. The number of carbonyl (C=O) groups excluding carboxylic acids is 1. The molecule has 2 amide bonds. The van der Waals surface area contributed by atoms with Gasteiger partial charge in [0.15, 0.2) is 0 Å². The molecule has 0 spiro atoms. The third-order valence-corrected chi connectivity index (χ3v) is 5.43. The van der Waals surface area contributed by atoms with Crippen LogP contribution in [0.25, 0.3) is 0 Å². The molecule has 154 valence electrons. The summed E-state index contributed by atoms with van der Waals surface area (Å²) in [5, 5.41) is 2.76. The number of carbonyl (C=O) groups is 1. The van der Waals surface area contributed by atoms with Gasteiger partial charge in [0.05, 0.1) is 0 Å². The van der Waals surface area contributed by atoms with E-state index in [0.717, 1.165) is 30.5 Å². The molecule has 0 unspecified atom stereocenters. The van der Waals surface area contributed by atoms with Crippen LogP contribution in [-0.2, 0) is 0 Å². The maximum absolute atomic E-state index is 13.3. The number of rotatable bonds is 3. The Bertz CT molecular complexity index is 862. The third-order valence-electron chi connectivity index (χ3n) is 5.43. The van der Waals surface area contributed by atoms with Crippen LogP contribution in [-0.4, -0.2) is 60.2 Å². The lowest BCUT2D eigenvalue weighted by molar-refractivity contribution is 0.208. The van der Waals surface area contributed by atoms with E-state index in [9.17, 15) is 9.18 Å². The fourth-order valence-electron chi connectivity index (χ4n) is 3.84. The minimum absolute atomic E-state index is 0.205. The van der Waals surface area contributed by atoms with Crippen molar-refractivity contribution in [1.82, 2.24) is 14.9 Å². The van der Waals surface area contributed by atoms with Gasteiger partial charge in [0.25, 0.3) is 0 Å². The van der Waals surface area contributed by atoms with Crippen LogP contribution in [0.5, 0.6) is 0 Å². The van der Waals surface area contributed by atoms with Gasteiger partial charge in [-0.1, -0.05) is 6.07 Å². The lowest BCUT2D eigenvalue weighted by Gasteiger charge is -2.36. The molecule has 2 aromatic rings. The Balaban J connectivity index is 1.38. The van der Waals surface area contributed by atoms with Crippen LogP contribution in [0.3, 0.4) is 0 Å². The van der Waals surface area contributed by atoms with Gasteiger partial charge in [0.1, 0.15) is 11.6 Å². The van der Waals surface area contributed by atoms with Gasteiger partial charge in [-0.05, 0) is 44.4 Å². The first-order chi connectivity index (χ1) is 14.1. The predicted molar refractivity (Wildman–Crippen MR) is 112 cm³/mol. The Kier molecular flexibility index (Phi) is 5.78. The summed E-state index contributed by atoms with van der Waals surface area (Å²) in [5.41, 5.74) is 1.43. The molecule has 2 aliphatic heterocycles. The normalized spacial score (nSPS) is 17.4. The monoisotopic (exact) mass is 398 g/mol. The highest BCUT2D eigenvalue weighted by Gasteiger charge is 2.23. The van der Waals surface area contributed by atoms with Crippen LogP contribution in [0.15, 0.2) is 30.3 Å². The van der Waals surface area contributed by atoms with E-state index >= 15 is 0 Å². The Morgan fingerprint density at radius 1 is 0.966 bits per heavy atom. The molecule has 2 fully saturated rings. The van der Waals surface area contributed by atoms with E-state index in [1.807, 2.05) is 13.0 Å². The molecule has 2 aliphatic rings. The van der Waals surface area contributed by atoms with E-state index in [4.69, 9.17) is 4.98 Å². The Hall–Kier alpha value is -2.90. The lowest BCUT2D eigenvalue weighted by Crippen LogP contribution is -2.50. The van der Waals surface area contributed by atoms with E-state index in [2.05, 4.69) is 20.1 Å². The molecular formula is C21H27FN6O. The maximum atomic E-state index is 13.3. The number of halogens is 1. The van der Waals surface area contributed by atoms with Crippen molar-refractivity contribution in [2.75, 3.05) is 54.4 Å². The Labute approximate surface area is 170 Å². The van der Waals surface area contributed by atoms with Crippen molar-refractivity contribution in [2.24, 2.45) is 0 Å². The number of urea groups is 1. The summed E-state index contributed by atoms with van der Waals surface area (Å²) in [7, 11) is 0. The highest BCUT2D eigenvalue weighted by atomic mass is 19.1. The smallest absolute Gasteiger partial charge is 0.321 e. The molecule has 1 aromatic heterocycles. The van der Waals surface area contributed by atoms with Crippen molar-refractivity contribution in [3.63, 3.8) is 0 Å². The molecule has 7 nitrogen and oxygen atoms in total. The van der Waals surface area contributed by atoms with Crippen LogP contribution in [0.1, 0.15) is 25.0 Å². The zero-order chi connectivity index (χ0) is 20.2. The van der Waals surface area contributed by atoms with Gasteiger partial charge in [-0.2, -0.15) is 4.98 Å². The molecule has 29 heavy (non-hydrogen) atoms. The molecule has 0 bridgehead atoms. The fourth-order valence-corrected chi connectivity index (χ4v) is 3.84. The predicted octanol–water partition coefficient (Wildman–Crippen LogP) is 3.27. The van der Waals surface area contributed by atoms with Crippen molar-refractivity contribution in [3.05, 3.63) is 41.8 Å². The van der Waals surface area contributed by atoms with Crippen LogP contribution < -0.4 is 15.1 Å². The zero-order valence-electron chi connectivity index (χ0n) is 16.8. The standard InChI is InChI=1S/C21H27FN6O/c1-16-14-19(25-20(23-16)27-8-3-2-4-9-27)26-10-12-28(13-11-26)21(29)24-18-7-5-6-17(22)15-18/h5-7,14-15H,2-4,8-13H2,1H3,(H,24,29). The minimum Gasteiger partial charge on any atom is -0.353 e. The molecule has 4 rings (SSSR count). The number of anilines is 3. The number of amides is 2. The molecule has 1 aromatic carbocycles. The van der Waals surface area contributed by atoms with Gasteiger partial charge >= 0.3 is 6.03 Å². The minimum atomic E-state index is -0.365. The molecule has 0 saturated carbocycles. The van der Waals surface area contributed by atoms with Gasteiger partial charge in [-0.3, -0.25) is 0 Å². The summed E-state index contributed by atoms with van der Waals surface area (Å²) >= 11 is 0. The Morgan fingerprint density at radius 2 is 1.72 bits per heavy atom. The number of nitrogens with one attached hydrogen (secondary N) is 1. The summed E-state index contributed by atoms with van der Waals surface area (Å²) < 4.78 is 13.3. The first-order valence-electron chi connectivity index (χ1n) is 10.3. The van der Waals surface area contributed by atoms with E-state index in [0.29, 0.717) is 31.9 Å². The fraction of sp³-hybridized carbons (Fsp3) is 0.476. The number of piperidine rings is 1. The van der Waals surface area contributed by atoms with Gasteiger partial charge < -0.3 is 20.0 Å². The van der Waals surface area contributed by atoms with Crippen molar-refractivity contribution in [3.8, 4) is 0 Å². The van der Waals surface area contributed by atoms with Gasteiger partial charge in [-0.25, -0.2) is 14.2 Å². The molecule has 0 radical (unpaired) electrons. The highest BCUT2D eigenvalue weighted by molar-refractivity contribution is 5.89. The quantitative estimate of drug-likeness (QED) is 0.860. The summed E-state index contributed by atoms with van der Waals surface area (Å²) in [4.78, 5) is 28.1. The zero-order valence-corrected chi connectivity index (χ0v) is 16.8. The lowest BCUT2D eigenvalue weighted by atomic mass is 10.1. The van der Waals surface area contributed by atoms with Gasteiger partial charge in [-0.15, -0.1) is 0 Å². The summed E-state index contributed by atoms with van der Waals surface area (Å²) in [5.74, 6) is 1.37. The summed E-state index contributed by atoms with van der Waals surface area (Å²) in [6, 6.07) is 7.75. The van der Waals surface area contributed by atoms with E-state index in [-0.39, 0.29) is 11.8 Å². The first-order valence-corrected chi connectivity index (χ1v) is 10.3. The van der Waals surface area contributed by atoms with Crippen LogP contribution in [0, 0.1) is 12.7 Å². The molecular weight excluding hydrogens is 371 g/mol. The number of aryl methyl sites for hydroxylation is 1. The summed E-state index contributed by atoms with van der Waals surface area (Å²) in [6.45, 7) is 6.60. The molecule has 0 aliphatic carbocycles. The van der Waals surface area contributed by atoms with Crippen LogP contribution in [0.2, 0.25) is 0 Å². The van der Waals surface area contributed by atoms with Gasteiger partial charge in [0.2, 0.25) is 5.95 Å². The molecule has 8 heteroatoms. The molecule has 2 saturated heterocycles. The number of benzene rings is 1. The molecule has 1 N–H and O–H groups in total. The SMILES string of the molecule is Cc1cc(N2CCN(C(=O)Nc3cccc(F)c3)CC2)nc(N2CCCCC2)n1. The average molecular weight is 398 g/mol. The van der Waals surface area contributed by atoms with E-state index in [1.165, 1.54) is 31.4 Å². The second-order valence-electron chi connectivity index (χ2n) is 7.63. The Morgan fingerprint density at radius 3 is 2.45 bits per heavy atom. The van der Waals surface area contributed by atoms with E-state index in [1.54, 1.807) is 17.0 Å². The topological polar surface area (TPSA) is 64.6 Å². The van der Waals surface area contributed by atoms with Crippen LogP contribution in [0.4, 0.5) is 26.6 Å². The molecule has 3 heterocycles. The number of hydrogen-bond donors (Lipinski definition) is 1. The maximum Gasteiger partial charge on any atom is 0.321 e.